The van der Waals surface area contributed by atoms with Gasteiger partial charge >= 0.3 is 5.97 Å². The molecule has 4 rings (SSSR count). The van der Waals surface area contributed by atoms with Crippen LogP contribution in [0.5, 0.6) is 5.75 Å². The molecule has 0 amide bonds. The summed E-state index contributed by atoms with van der Waals surface area (Å²) in [6, 6.07) is 16.9. The maximum absolute atomic E-state index is 13.0. The van der Waals surface area contributed by atoms with Crippen LogP contribution in [0.25, 0.3) is 0 Å². The smallest absolute Gasteiger partial charge is 0.338 e. The van der Waals surface area contributed by atoms with Crippen LogP contribution < -0.4 is 10.1 Å². The first-order valence-electron chi connectivity index (χ1n) is 9.77. The Kier molecular flexibility index (Phi) is 5.47. The molecule has 30 heavy (non-hydrogen) atoms. The summed E-state index contributed by atoms with van der Waals surface area (Å²) in [7, 11) is 0. The van der Waals surface area contributed by atoms with Crippen LogP contribution in [-0.4, -0.2) is 32.3 Å². The first-order chi connectivity index (χ1) is 14.5. The van der Waals surface area contributed by atoms with E-state index in [0.29, 0.717) is 29.6 Å². The maximum atomic E-state index is 13.0. The Morgan fingerprint density at radius 3 is 2.63 bits per heavy atom. The second-order valence-corrected chi connectivity index (χ2v) is 7.28. The molecule has 1 aliphatic rings. The number of benzene rings is 2. The minimum Gasteiger partial charge on any atom is -0.489 e. The van der Waals surface area contributed by atoms with Gasteiger partial charge in [0.1, 0.15) is 18.4 Å². The number of anilines is 1. The summed E-state index contributed by atoms with van der Waals surface area (Å²) in [5.74, 6) is 0.688. The number of para-hydroxylation sites is 1. The molecule has 0 spiro atoms. The number of aromatic nitrogens is 4. The molecule has 2 heterocycles. The number of nitrogens with one attached hydrogen (secondary N) is 1. The Morgan fingerprint density at radius 2 is 1.87 bits per heavy atom. The third-order valence-corrected chi connectivity index (χ3v) is 4.73. The largest absolute Gasteiger partial charge is 0.489 e. The lowest BCUT2D eigenvalue weighted by molar-refractivity contribution is -0.143. The normalized spacial score (nSPS) is 15.5. The highest BCUT2D eigenvalue weighted by Crippen LogP contribution is 2.39. The van der Waals surface area contributed by atoms with E-state index in [9.17, 15) is 4.79 Å². The fourth-order valence-electron chi connectivity index (χ4n) is 3.41. The molecule has 1 atom stereocenters. The molecular weight excluding hydrogens is 382 g/mol. The third-order valence-electron chi connectivity index (χ3n) is 4.73. The van der Waals surface area contributed by atoms with Crippen molar-refractivity contribution in [3.63, 3.8) is 0 Å². The molecule has 2 aromatic carbocycles. The summed E-state index contributed by atoms with van der Waals surface area (Å²) in [5, 5.41) is 15.0. The third kappa shape index (κ3) is 3.89. The van der Waals surface area contributed by atoms with Gasteiger partial charge in [-0.25, -0.2) is 4.79 Å². The van der Waals surface area contributed by atoms with Gasteiger partial charge in [-0.15, -0.1) is 0 Å². The molecular formula is C22H23N5O3. The van der Waals surface area contributed by atoms with Gasteiger partial charge in [0.2, 0.25) is 5.95 Å². The lowest BCUT2D eigenvalue weighted by Gasteiger charge is -2.29. The zero-order chi connectivity index (χ0) is 21.1. The average molecular weight is 405 g/mol. The second kappa shape index (κ2) is 8.36. The summed E-state index contributed by atoms with van der Waals surface area (Å²) in [5.41, 5.74) is 2.91. The lowest BCUT2D eigenvalue weighted by atomic mass is 9.95. The van der Waals surface area contributed by atoms with E-state index in [1.54, 1.807) is 4.68 Å². The van der Waals surface area contributed by atoms with E-state index < -0.39 is 12.0 Å². The summed E-state index contributed by atoms with van der Waals surface area (Å²) >= 11 is 0. The number of rotatable bonds is 6. The number of carbonyl (C=O) groups is 1. The SMILES string of the molecule is CC1=C(C(=O)OC(C)C)C(c2ccccc2OCc2ccccc2)n2nnnc2N1. The van der Waals surface area contributed by atoms with Crippen molar-refractivity contribution in [2.45, 2.75) is 39.5 Å². The Bertz CT molecular complexity index is 1080. The van der Waals surface area contributed by atoms with Gasteiger partial charge in [-0.2, -0.15) is 4.68 Å². The summed E-state index contributed by atoms with van der Waals surface area (Å²) in [6.07, 6.45) is -0.252. The molecule has 0 saturated carbocycles. The van der Waals surface area contributed by atoms with Crippen LogP contribution in [0.1, 0.15) is 37.9 Å². The molecule has 0 saturated heterocycles. The van der Waals surface area contributed by atoms with Crippen molar-refractivity contribution in [2.24, 2.45) is 0 Å². The van der Waals surface area contributed by atoms with Gasteiger partial charge in [-0.05, 0) is 42.8 Å². The van der Waals surface area contributed by atoms with Gasteiger partial charge in [-0.1, -0.05) is 53.6 Å². The highest BCUT2D eigenvalue weighted by molar-refractivity contribution is 5.92. The van der Waals surface area contributed by atoms with E-state index in [-0.39, 0.29) is 6.10 Å². The Labute approximate surface area is 174 Å². The maximum Gasteiger partial charge on any atom is 0.338 e. The monoisotopic (exact) mass is 405 g/mol. The fraction of sp³-hybridized carbons (Fsp3) is 0.273. The molecule has 0 radical (unpaired) electrons. The number of hydrogen-bond donors (Lipinski definition) is 1. The highest BCUT2D eigenvalue weighted by atomic mass is 16.5. The molecule has 1 N–H and O–H groups in total. The van der Waals surface area contributed by atoms with Crippen LogP contribution in [0.15, 0.2) is 65.9 Å². The van der Waals surface area contributed by atoms with Crippen LogP contribution >= 0.6 is 0 Å². The zero-order valence-corrected chi connectivity index (χ0v) is 17.1. The van der Waals surface area contributed by atoms with E-state index in [1.807, 2.05) is 75.4 Å². The molecule has 3 aromatic rings. The molecule has 0 fully saturated rings. The van der Waals surface area contributed by atoms with Crippen LogP contribution in [-0.2, 0) is 16.1 Å². The predicted octanol–water partition coefficient (Wildman–Crippen LogP) is 3.49. The van der Waals surface area contributed by atoms with Crippen molar-refractivity contribution < 1.29 is 14.3 Å². The number of fused-ring (bicyclic) bond motifs is 1. The number of ether oxygens (including phenoxy) is 2. The zero-order valence-electron chi connectivity index (χ0n) is 17.1. The molecule has 0 bridgehead atoms. The predicted molar refractivity (Wildman–Crippen MR) is 111 cm³/mol. The van der Waals surface area contributed by atoms with Gasteiger partial charge in [-0.3, -0.25) is 0 Å². The van der Waals surface area contributed by atoms with Crippen LogP contribution in [0, 0.1) is 0 Å². The molecule has 8 heteroatoms. The highest BCUT2D eigenvalue weighted by Gasteiger charge is 2.36. The summed E-state index contributed by atoms with van der Waals surface area (Å²) < 4.78 is 13.2. The molecule has 154 valence electrons. The Hall–Kier alpha value is -3.68. The summed E-state index contributed by atoms with van der Waals surface area (Å²) in [6.45, 7) is 5.85. The van der Waals surface area contributed by atoms with Crippen LogP contribution in [0.3, 0.4) is 0 Å². The van der Waals surface area contributed by atoms with Crippen molar-refractivity contribution in [1.82, 2.24) is 20.2 Å². The van der Waals surface area contributed by atoms with E-state index >= 15 is 0 Å². The first kappa shape index (κ1) is 19.6. The van der Waals surface area contributed by atoms with E-state index in [1.165, 1.54) is 0 Å². The summed E-state index contributed by atoms with van der Waals surface area (Å²) in [4.78, 5) is 13.0. The molecule has 0 aliphatic carbocycles. The van der Waals surface area contributed by atoms with Crippen molar-refractivity contribution in [1.29, 1.82) is 0 Å². The molecule has 1 unspecified atom stereocenters. The Balaban J connectivity index is 1.74. The minimum atomic E-state index is -0.575. The number of nitrogens with zero attached hydrogens (tertiary/aromatic N) is 4. The number of carbonyl (C=O) groups excluding carboxylic acids is 1. The number of tetrazole rings is 1. The quantitative estimate of drug-likeness (QED) is 0.628. The van der Waals surface area contributed by atoms with Gasteiger partial charge in [0.15, 0.2) is 0 Å². The van der Waals surface area contributed by atoms with Gasteiger partial charge in [0, 0.05) is 11.3 Å². The van der Waals surface area contributed by atoms with E-state index in [2.05, 4.69) is 20.8 Å². The van der Waals surface area contributed by atoms with E-state index in [0.717, 1.165) is 11.1 Å². The van der Waals surface area contributed by atoms with Gasteiger partial charge in [0.25, 0.3) is 0 Å². The first-order valence-corrected chi connectivity index (χ1v) is 9.77. The minimum absolute atomic E-state index is 0.252. The van der Waals surface area contributed by atoms with Gasteiger partial charge < -0.3 is 14.8 Å². The molecule has 8 nitrogen and oxygen atoms in total. The average Bonchev–Trinajstić information content (AvgIpc) is 3.19. The van der Waals surface area contributed by atoms with Crippen LogP contribution in [0.2, 0.25) is 0 Å². The van der Waals surface area contributed by atoms with Crippen molar-refractivity contribution in [3.05, 3.63) is 77.0 Å². The molecule has 1 aliphatic heterocycles. The van der Waals surface area contributed by atoms with Crippen molar-refractivity contribution >= 4 is 11.9 Å². The van der Waals surface area contributed by atoms with Gasteiger partial charge in [0.05, 0.1) is 11.7 Å². The fourth-order valence-corrected chi connectivity index (χ4v) is 3.41. The second-order valence-electron chi connectivity index (χ2n) is 7.28. The lowest BCUT2D eigenvalue weighted by Crippen LogP contribution is -2.31. The standard InChI is InChI=1S/C22H23N5O3/c1-14(2)30-21(28)19-15(3)23-22-24-25-26-27(22)20(19)17-11-7-8-12-18(17)29-13-16-9-5-4-6-10-16/h4-12,14,20H,13H2,1-3H3,(H,23,24,26). The number of esters is 1. The van der Waals surface area contributed by atoms with Crippen molar-refractivity contribution in [2.75, 3.05) is 5.32 Å². The van der Waals surface area contributed by atoms with E-state index in [4.69, 9.17) is 9.47 Å². The Morgan fingerprint density at radius 1 is 1.13 bits per heavy atom. The topological polar surface area (TPSA) is 91.2 Å². The number of hydrogen-bond acceptors (Lipinski definition) is 7. The number of allylic oxidation sites excluding steroid dienone is 1. The van der Waals surface area contributed by atoms with Crippen molar-refractivity contribution in [3.8, 4) is 5.75 Å². The molecule has 1 aromatic heterocycles. The van der Waals surface area contributed by atoms with Crippen LogP contribution in [0.4, 0.5) is 5.95 Å².